The summed E-state index contributed by atoms with van der Waals surface area (Å²) in [5, 5.41) is 3.38. The van der Waals surface area contributed by atoms with E-state index >= 15 is 0 Å². The van der Waals surface area contributed by atoms with Gasteiger partial charge in [0.1, 0.15) is 0 Å². The number of aromatic nitrogens is 1. The fourth-order valence-electron chi connectivity index (χ4n) is 2.33. The van der Waals surface area contributed by atoms with Crippen molar-refractivity contribution in [2.75, 3.05) is 7.05 Å². The van der Waals surface area contributed by atoms with Gasteiger partial charge in [0.2, 0.25) is 5.78 Å². The number of Topliss-reactive ketones (excluding diaryl/α,β-unsaturated/α-hetero) is 1. The van der Waals surface area contributed by atoms with Crippen LogP contribution in [0.5, 0.6) is 0 Å². The minimum absolute atomic E-state index is 0.387. The molecule has 0 atom stereocenters. The zero-order valence-electron chi connectivity index (χ0n) is 11.5. The van der Waals surface area contributed by atoms with E-state index in [0.29, 0.717) is 5.56 Å². The molecule has 0 unspecified atom stereocenters. The predicted molar refractivity (Wildman–Crippen MR) is 81.7 cm³/mol. The molecule has 0 saturated heterocycles. The molecule has 0 spiro atoms. The average molecular weight is 278 g/mol. The molecular weight excluding hydrogens is 264 g/mol. The number of benzene rings is 2. The summed E-state index contributed by atoms with van der Waals surface area (Å²) in [7, 11) is 1.45. The Labute approximate surface area is 122 Å². The van der Waals surface area contributed by atoms with Gasteiger partial charge in [0.25, 0.3) is 5.91 Å². The van der Waals surface area contributed by atoms with Crippen molar-refractivity contribution in [3.05, 3.63) is 66.4 Å². The van der Waals surface area contributed by atoms with E-state index < -0.39 is 11.7 Å². The van der Waals surface area contributed by atoms with E-state index in [1.54, 1.807) is 12.1 Å². The van der Waals surface area contributed by atoms with Gasteiger partial charge in [-0.25, -0.2) is 0 Å². The summed E-state index contributed by atoms with van der Waals surface area (Å²) in [6.07, 6.45) is 1.95. The summed E-state index contributed by atoms with van der Waals surface area (Å²) >= 11 is 0. The summed E-state index contributed by atoms with van der Waals surface area (Å²) in [4.78, 5) is 23.4. The highest BCUT2D eigenvalue weighted by molar-refractivity contribution is 6.43. The molecule has 1 N–H and O–H groups in total. The number of nitrogens with one attached hydrogen (secondary N) is 1. The second kappa shape index (κ2) is 5.25. The number of hydrogen-bond donors (Lipinski definition) is 1. The number of rotatable bonds is 3. The SMILES string of the molecule is CNC(=O)C(=O)c1ccc2ccn(-c3ccccc3)c2c1. The molecule has 3 aromatic rings. The number of likely N-dealkylation sites (N-methyl/N-ethyl adjacent to an activating group) is 1. The molecule has 0 aliphatic heterocycles. The van der Waals surface area contributed by atoms with Gasteiger partial charge in [-0.1, -0.05) is 30.3 Å². The quantitative estimate of drug-likeness (QED) is 0.591. The summed E-state index contributed by atoms with van der Waals surface area (Å²) in [6.45, 7) is 0. The van der Waals surface area contributed by atoms with Crippen molar-refractivity contribution in [3.63, 3.8) is 0 Å². The summed E-state index contributed by atoms with van der Waals surface area (Å²) in [6, 6.07) is 17.1. The van der Waals surface area contributed by atoms with Crippen molar-refractivity contribution < 1.29 is 9.59 Å². The van der Waals surface area contributed by atoms with Gasteiger partial charge < -0.3 is 9.88 Å². The highest BCUT2D eigenvalue weighted by Gasteiger charge is 2.15. The number of nitrogens with zero attached hydrogens (tertiary/aromatic N) is 1. The maximum Gasteiger partial charge on any atom is 0.292 e. The molecule has 0 aliphatic carbocycles. The Bertz CT molecular complexity index is 819. The number of para-hydroxylation sites is 1. The molecule has 1 aromatic heterocycles. The molecular formula is C17H14N2O2. The largest absolute Gasteiger partial charge is 0.352 e. The summed E-state index contributed by atoms with van der Waals surface area (Å²) in [5.74, 6) is -1.13. The van der Waals surface area contributed by atoms with E-state index in [0.717, 1.165) is 16.6 Å². The normalized spacial score (nSPS) is 10.5. The first kappa shape index (κ1) is 13.1. The third-order valence-electron chi connectivity index (χ3n) is 3.42. The van der Waals surface area contributed by atoms with Crippen LogP contribution in [-0.4, -0.2) is 23.3 Å². The number of fused-ring (bicyclic) bond motifs is 1. The first-order valence-electron chi connectivity index (χ1n) is 6.63. The first-order valence-corrected chi connectivity index (χ1v) is 6.63. The lowest BCUT2D eigenvalue weighted by Crippen LogP contribution is -2.27. The van der Waals surface area contributed by atoms with Crippen molar-refractivity contribution in [3.8, 4) is 5.69 Å². The topological polar surface area (TPSA) is 51.1 Å². The highest BCUT2D eigenvalue weighted by atomic mass is 16.2. The van der Waals surface area contributed by atoms with Crippen LogP contribution >= 0.6 is 0 Å². The standard InChI is InChI=1S/C17H14N2O2/c1-18-17(21)16(20)13-8-7-12-9-10-19(15(12)11-13)14-5-3-2-4-6-14/h2-11H,1H3,(H,18,21). The van der Waals surface area contributed by atoms with Crippen molar-refractivity contribution in [2.24, 2.45) is 0 Å². The Morgan fingerprint density at radius 1 is 1.00 bits per heavy atom. The van der Waals surface area contributed by atoms with Crippen molar-refractivity contribution in [1.29, 1.82) is 0 Å². The maximum absolute atomic E-state index is 12.0. The molecule has 4 heteroatoms. The van der Waals surface area contributed by atoms with Gasteiger partial charge in [-0.3, -0.25) is 9.59 Å². The second-order valence-electron chi connectivity index (χ2n) is 4.70. The van der Waals surface area contributed by atoms with Crippen LogP contribution in [0.4, 0.5) is 0 Å². The molecule has 2 aromatic carbocycles. The zero-order chi connectivity index (χ0) is 14.8. The Morgan fingerprint density at radius 3 is 2.48 bits per heavy atom. The van der Waals surface area contributed by atoms with Crippen LogP contribution in [0.15, 0.2) is 60.8 Å². The molecule has 4 nitrogen and oxygen atoms in total. The van der Waals surface area contributed by atoms with Crippen LogP contribution in [-0.2, 0) is 4.79 Å². The van der Waals surface area contributed by atoms with E-state index in [1.807, 2.05) is 53.2 Å². The number of hydrogen-bond acceptors (Lipinski definition) is 2. The fourth-order valence-corrected chi connectivity index (χ4v) is 2.33. The van der Waals surface area contributed by atoms with Crippen LogP contribution in [0.3, 0.4) is 0 Å². The fraction of sp³-hybridized carbons (Fsp3) is 0.0588. The molecule has 0 aliphatic rings. The molecule has 104 valence electrons. The van der Waals surface area contributed by atoms with Crippen LogP contribution in [0.25, 0.3) is 16.6 Å². The second-order valence-corrected chi connectivity index (χ2v) is 4.70. The Hall–Kier alpha value is -2.88. The van der Waals surface area contributed by atoms with Crippen molar-refractivity contribution in [2.45, 2.75) is 0 Å². The van der Waals surface area contributed by atoms with Gasteiger partial charge in [0, 0.05) is 24.5 Å². The highest BCUT2D eigenvalue weighted by Crippen LogP contribution is 2.22. The smallest absolute Gasteiger partial charge is 0.292 e. The Balaban J connectivity index is 2.13. The van der Waals surface area contributed by atoms with Crippen LogP contribution in [0.2, 0.25) is 0 Å². The monoisotopic (exact) mass is 278 g/mol. The predicted octanol–water partition coefficient (Wildman–Crippen LogP) is 2.56. The lowest BCUT2D eigenvalue weighted by atomic mass is 10.1. The lowest BCUT2D eigenvalue weighted by molar-refractivity contribution is -0.116. The average Bonchev–Trinajstić information content (AvgIpc) is 2.97. The van der Waals surface area contributed by atoms with Crippen molar-refractivity contribution in [1.82, 2.24) is 9.88 Å². The van der Waals surface area contributed by atoms with E-state index in [4.69, 9.17) is 0 Å². The van der Waals surface area contributed by atoms with E-state index in [1.165, 1.54) is 7.05 Å². The molecule has 3 rings (SSSR count). The van der Waals surface area contributed by atoms with E-state index in [2.05, 4.69) is 5.32 Å². The molecule has 0 bridgehead atoms. The third kappa shape index (κ3) is 2.31. The summed E-state index contributed by atoms with van der Waals surface area (Å²) in [5.41, 5.74) is 2.30. The van der Waals surface area contributed by atoms with Crippen LogP contribution in [0, 0.1) is 0 Å². The number of ketones is 1. The van der Waals surface area contributed by atoms with E-state index in [9.17, 15) is 9.59 Å². The third-order valence-corrected chi connectivity index (χ3v) is 3.42. The van der Waals surface area contributed by atoms with Crippen molar-refractivity contribution >= 4 is 22.6 Å². The molecule has 0 radical (unpaired) electrons. The van der Waals surface area contributed by atoms with Gasteiger partial charge in [0.05, 0.1) is 5.52 Å². The molecule has 0 saturated carbocycles. The molecule has 1 amide bonds. The Kier molecular flexibility index (Phi) is 3.28. The van der Waals surface area contributed by atoms with Gasteiger partial charge in [-0.05, 0) is 29.7 Å². The van der Waals surface area contributed by atoms with Gasteiger partial charge in [-0.15, -0.1) is 0 Å². The zero-order valence-corrected chi connectivity index (χ0v) is 11.5. The minimum Gasteiger partial charge on any atom is -0.352 e. The minimum atomic E-state index is -0.604. The number of carbonyl (C=O) groups excluding carboxylic acids is 2. The maximum atomic E-state index is 12.0. The molecule has 0 fully saturated rings. The van der Waals surface area contributed by atoms with Gasteiger partial charge >= 0.3 is 0 Å². The summed E-state index contributed by atoms with van der Waals surface area (Å²) < 4.78 is 2.00. The lowest BCUT2D eigenvalue weighted by Gasteiger charge is -2.06. The van der Waals surface area contributed by atoms with Crippen LogP contribution < -0.4 is 5.32 Å². The van der Waals surface area contributed by atoms with Crippen LogP contribution in [0.1, 0.15) is 10.4 Å². The Morgan fingerprint density at radius 2 is 1.76 bits per heavy atom. The number of amides is 1. The molecule has 21 heavy (non-hydrogen) atoms. The van der Waals surface area contributed by atoms with Gasteiger partial charge in [-0.2, -0.15) is 0 Å². The van der Waals surface area contributed by atoms with E-state index in [-0.39, 0.29) is 0 Å². The first-order chi connectivity index (χ1) is 10.2. The number of carbonyl (C=O) groups is 2. The molecule has 1 heterocycles. The van der Waals surface area contributed by atoms with Gasteiger partial charge in [0.15, 0.2) is 0 Å².